The number of aromatic nitrogens is 3. The Bertz CT molecular complexity index is 598. The monoisotopic (exact) mass is 388 g/mol. The van der Waals surface area contributed by atoms with Crippen molar-refractivity contribution < 1.29 is 0 Å². The van der Waals surface area contributed by atoms with E-state index in [1.54, 1.807) is 12.4 Å². The Balaban J connectivity index is 1.90. The summed E-state index contributed by atoms with van der Waals surface area (Å²) in [5.74, 6) is 0.694. The molecule has 0 aliphatic heterocycles. The van der Waals surface area contributed by atoms with E-state index in [-0.39, 0.29) is 0 Å². The molecule has 2 heterocycles. The van der Waals surface area contributed by atoms with Crippen LogP contribution in [0.4, 0.5) is 5.95 Å². The molecule has 0 radical (unpaired) electrons. The van der Waals surface area contributed by atoms with Gasteiger partial charge >= 0.3 is 0 Å². The Morgan fingerprint density at radius 2 is 1.95 bits per heavy atom. The number of hydrogen-bond donors (Lipinski definition) is 1. The molecule has 1 aliphatic carbocycles. The van der Waals surface area contributed by atoms with Crippen molar-refractivity contribution in [1.82, 2.24) is 15.0 Å². The van der Waals surface area contributed by atoms with Crippen LogP contribution in [-0.2, 0) is 0 Å². The van der Waals surface area contributed by atoms with Crippen LogP contribution in [0.3, 0.4) is 0 Å². The second-order valence-electron chi connectivity index (χ2n) is 4.83. The average Bonchev–Trinajstić information content (AvgIpc) is 2.44. The van der Waals surface area contributed by atoms with Crippen LogP contribution in [0, 0.1) is 3.57 Å². The van der Waals surface area contributed by atoms with Crippen LogP contribution in [-0.4, -0.2) is 21.0 Å². The Morgan fingerprint density at radius 1 is 1.16 bits per heavy atom. The highest BCUT2D eigenvalue weighted by molar-refractivity contribution is 14.1. The van der Waals surface area contributed by atoms with Crippen LogP contribution in [0.25, 0.3) is 10.9 Å². The summed E-state index contributed by atoms with van der Waals surface area (Å²) >= 11 is 8.28. The van der Waals surface area contributed by atoms with Crippen LogP contribution in [0.5, 0.6) is 0 Å². The topological polar surface area (TPSA) is 50.7 Å². The van der Waals surface area contributed by atoms with Crippen molar-refractivity contribution in [3.05, 3.63) is 21.1 Å². The number of hydrogen-bond acceptors (Lipinski definition) is 4. The molecule has 0 atom stereocenters. The maximum absolute atomic E-state index is 6.06. The number of anilines is 1. The molecule has 2 aromatic heterocycles. The van der Waals surface area contributed by atoms with Crippen LogP contribution in [0.2, 0.25) is 5.15 Å². The Labute approximate surface area is 130 Å². The third kappa shape index (κ3) is 2.91. The van der Waals surface area contributed by atoms with Crippen molar-refractivity contribution in [2.45, 2.75) is 38.1 Å². The molecule has 1 aliphatic rings. The van der Waals surface area contributed by atoms with Gasteiger partial charge in [-0.15, -0.1) is 0 Å². The lowest BCUT2D eigenvalue weighted by Gasteiger charge is -2.22. The fourth-order valence-corrected chi connectivity index (χ4v) is 3.20. The van der Waals surface area contributed by atoms with Crippen molar-refractivity contribution >= 4 is 51.0 Å². The lowest BCUT2D eigenvalue weighted by molar-refractivity contribution is 0.461. The van der Waals surface area contributed by atoms with Gasteiger partial charge in [0.15, 0.2) is 0 Å². The van der Waals surface area contributed by atoms with E-state index in [1.807, 2.05) is 0 Å². The van der Waals surface area contributed by atoms with Crippen LogP contribution >= 0.6 is 34.2 Å². The van der Waals surface area contributed by atoms with Gasteiger partial charge in [0, 0.05) is 18.4 Å². The maximum Gasteiger partial charge on any atom is 0.223 e. The minimum atomic E-state index is 0.458. The van der Waals surface area contributed by atoms with Gasteiger partial charge in [0.25, 0.3) is 0 Å². The third-order valence-corrected chi connectivity index (χ3v) is 4.56. The Hall–Kier alpha value is -0.690. The molecular formula is C13H14ClIN4. The summed E-state index contributed by atoms with van der Waals surface area (Å²) in [6.45, 7) is 0. The molecule has 0 aromatic carbocycles. The molecule has 2 aromatic rings. The fraction of sp³-hybridized carbons (Fsp3) is 0.462. The van der Waals surface area contributed by atoms with Gasteiger partial charge in [-0.05, 0) is 35.4 Å². The molecule has 0 amide bonds. The molecule has 3 rings (SSSR count). The number of nitrogens with one attached hydrogen (secondary N) is 1. The van der Waals surface area contributed by atoms with Gasteiger partial charge in [-0.2, -0.15) is 0 Å². The summed E-state index contributed by atoms with van der Waals surface area (Å²) in [6.07, 6.45) is 9.83. The first-order valence-corrected chi connectivity index (χ1v) is 7.93. The molecule has 1 saturated carbocycles. The van der Waals surface area contributed by atoms with E-state index in [4.69, 9.17) is 11.6 Å². The summed E-state index contributed by atoms with van der Waals surface area (Å²) in [6, 6.07) is 0.501. The van der Waals surface area contributed by atoms with Crippen molar-refractivity contribution in [3.63, 3.8) is 0 Å². The van der Waals surface area contributed by atoms with Crippen molar-refractivity contribution in [2.75, 3.05) is 5.32 Å². The molecular weight excluding hydrogens is 375 g/mol. The zero-order valence-electron chi connectivity index (χ0n) is 10.4. The second kappa shape index (κ2) is 5.75. The Morgan fingerprint density at radius 3 is 2.74 bits per heavy atom. The van der Waals surface area contributed by atoms with Gasteiger partial charge in [-0.25, -0.2) is 15.0 Å². The lowest BCUT2D eigenvalue weighted by atomic mass is 9.96. The number of fused-ring (bicyclic) bond motifs is 1. The van der Waals surface area contributed by atoms with Crippen LogP contribution < -0.4 is 5.32 Å². The highest BCUT2D eigenvalue weighted by Crippen LogP contribution is 2.25. The molecule has 19 heavy (non-hydrogen) atoms. The van der Waals surface area contributed by atoms with Crippen LogP contribution in [0.1, 0.15) is 32.1 Å². The summed E-state index contributed by atoms with van der Waals surface area (Å²) in [5, 5.41) is 4.70. The van der Waals surface area contributed by atoms with E-state index in [9.17, 15) is 0 Å². The summed E-state index contributed by atoms with van der Waals surface area (Å²) < 4.78 is 0.992. The smallest absolute Gasteiger partial charge is 0.223 e. The zero-order valence-corrected chi connectivity index (χ0v) is 13.3. The molecule has 0 unspecified atom stereocenters. The SMILES string of the molecule is Clc1ncc(I)c2nc(NC3CCCCC3)ncc12. The number of halogens is 2. The number of pyridine rings is 1. The quantitative estimate of drug-likeness (QED) is 0.623. The average molecular weight is 389 g/mol. The van der Waals surface area contributed by atoms with Crippen molar-refractivity contribution in [2.24, 2.45) is 0 Å². The largest absolute Gasteiger partial charge is 0.351 e. The predicted molar refractivity (Wildman–Crippen MR) is 85.6 cm³/mol. The van der Waals surface area contributed by atoms with E-state index in [1.165, 1.54) is 32.1 Å². The number of nitrogens with zero attached hydrogens (tertiary/aromatic N) is 3. The molecule has 0 bridgehead atoms. The molecule has 0 saturated heterocycles. The van der Waals surface area contributed by atoms with Gasteiger partial charge in [-0.3, -0.25) is 0 Å². The predicted octanol–water partition coefficient (Wildman–Crippen LogP) is 4.03. The zero-order chi connectivity index (χ0) is 13.2. The molecule has 4 nitrogen and oxygen atoms in total. The first kappa shape index (κ1) is 13.3. The maximum atomic E-state index is 6.06. The minimum Gasteiger partial charge on any atom is -0.351 e. The van der Waals surface area contributed by atoms with Crippen LogP contribution in [0.15, 0.2) is 12.4 Å². The normalized spacial score (nSPS) is 16.7. The highest BCUT2D eigenvalue weighted by Gasteiger charge is 2.15. The summed E-state index contributed by atoms with van der Waals surface area (Å²) in [7, 11) is 0. The third-order valence-electron chi connectivity index (χ3n) is 3.47. The van der Waals surface area contributed by atoms with E-state index in [2.05, 4.69) is 42.9 Å². The second-order valence-corrected chi connectivity index (χ2v) is 6.35. The van der Waals surface area contributed by atoms with E-state index in [0.29, 0.717) is 17.1 Å². The first-order valence-electron chi connectivity index (χ1n) is 6.47. The molecule has 1 fully saturated rings. The summed E-state index contributed by atoms with van der Waals surface area (Å²) in [4.78, 5) is 13.0. The Kier molecular flexibility index (Phi) is 4.02. The molecule has 1 N–H and O–H groups in total. The standard InChI is InChI=1S/C13H14ClIN4/c14-12-9-6-17-13(18-8-4-2-1-3-5-8)19-11(9)10(15)7-16-12/h6-8H,1-5H2,(H,17,18,19). The van der Waals surface area contributed by atoms with Gasteiger partial charge in [0.2, 0.25) is 5.95 Å². The lowest BCUT2D eigenvalue weighted by Crippen LogP contribution is -2.23. The van der Waals surface area contributed by atoms with Crippen molar-refractivity contribution in [3.8, 4) is 0 Å². The van der Waals surface area contributed by atoms with Gasteiger partial charge in [-0.1, -0.05) is 30.9 Å². The number of rotatable bonds is 2. The molecule has 100 valence electrons. The summed E-state index contributed by atoms with van der Waals surface area (Å²) in [5.41, 5.74) is 0.869. The van der Waals surface area contributed by atoms with Gasteiger partial charge in [0.05, 0.1) is 14.5 Å². The molecule has 0 spiro atoms. The van der Waals surface area contributed by atoms with E-state index in [0.717, 1.165) is 14.5 Å². The van der Waals surface area contributed by atoms with Crippen molar-refractivity contribution in [1.29, 1.82) is 0 Å². The van der Waals surface area contributed by atoms with Gasteiger partial charge in [0.1, 0.15) is 5.15 Å². The minimum absolute atomic E-state index is 0.458. The molecule has 6 heteroatoms. The fourth-order valence-electron chi connectivity index (χ4n) is 2.46. The highest BCUT2D eigenvalue weighted by atomic mass is 127. The van der Waals surface area contributed by atoms with E-state index < -0.39 is 0 Å². The van der Waals surface area contributed by atoms with Gasteiger partial charge < -0.3 is 5.32 Å². The van der Waals surface area contributed by atoms with E-state index >= 15 is 0 Å². The first-order chi connectivity index (χ1) is 9.24.